The van der Waals surface area contributed by atoms with Gasteiger partial charge >= 0.3 is 0 Å². The summed E-state index contributed by atoms with van der Waals surface area (Å²) in [6.45, 7) is 0. The molecule has 0 saturated carbocycles. The highest BCUT2D eigenvalue weighted by Crippen LogP contribution is 2.30. The molecule has 1 aromatic carbocycles. The first-order valence-electron chi connectivity index (χ1n) is 4.96. The molecule has 0 fully saturated rings. The second kappa shape index (κ2) is 2.88. The first-order chi connectivity index (χ1) is 7.70. The van der Waals surface area contributed by atoms with Gasteiger partial charge in [-0.2, -0.15) is 0 Å². The number of fused-ring (bicyclic) bond motifs is 3. The predicted molar refractivity (Wildman–Crippen MR) is 61.8 cm³/mol. The van der Waals surface area contributed by atoms with E-state index in [0.717, 1.165) is 28.2 Å². The third-order valence-corrected chi connectivity index (χ3v) is 2.91. The average Bonchev–Trinajstić information content (AvgIpc) is 2.80. The van der Waals surface area contributed by atoms with Crippen molar-refractivity contribution >= 4 is 28.2 Å². The number of rotatable bonds is 1. The molecule has 3 aromatic rings. The van der Waals surface area contributed by atoms with Crippen molar-refractivity contribution < 1.29 is 9.90 Å². The van der Waals surface area contributed by atoms with Crippen molar-refractivity contribution in [2.45, 2.75) is 0 Å². The Balaban J connectivity index is 2.52. The van der Waals surface area contributed by atoms with E-state index in [4.69, 9.17) is 0 Å². The van der Waals surface area contributed by atoms with Gasteiger partial charge in [-0.15, -0.1) is 0 Å². The summed E-state index contributed by atoms with van der Waals surface area (Å²) >= 11 is 0. The molecule has 0 aliphatic heterocycles. The van der Waals surface area contributed by atoms with E-state index in [1.807, 2.05) is 23.7 Å². The number of nitrogens with zero attached hydrogens (tertiary/aromatic N) is 1. The average molecular weight is 214 g/mol. The van der Waals surface area contributed by atoms with Crippen LogP contribution >= 0.6 is 0 Å². The molecule has 0 aliphatic carbocycles. The van der Waals surface area contributed by atoms with E-state index in [-0.39, 0.29) is 5.75 Å². The largest absolute Gasteiger partial charge is 0.508 e. The Bertz CT molecular complexity index is 707. The van der Waals surface area contributed by atoms with E-state index in [2.05, 4.69) is 4.98 Å². The zero-order valence-corrected chi connectivity index (χ0v) is 8.69. The van der Waals surface area contributed by atoms with E-state index in [1.54, 1.807) is 12.1 Å². The standard InChI is InChI=1S/C12H10N2O2/c1-14-11-5-8(16)2-3-9(11)10-4-7(6-15)13-12(10)14/h2-6,13,16H,1H3. The minimum Gasteiger partial charge on any atom is -0.508 e. The van der Waals surface area contributed by atoms with Gasteiger partial charge in [0.05, 0.1) is 11.2 Å². The molecule has 2 N–H and O–H groups in total. The number of phenolic OH excluding ortho intramolecular Hbond substituents is 1. The Morgan fingerprint density at radius 3 is 2.88 bits per heavy atom. The fourth-order valence-electron chi connectivity index (χ4n) is 2.14. The van der Waals surface area contributed by atoms with Gasteiger partial charge in [0, 0.05) is 23.9 Å². The van der Waals surface area contributed by atoms with E-state index in [9.17, 15) is 9.90 Å². The van der Waals surface area contributed by atoms with Crippen molar-refractivity contribution in [3.05, 3.63) is 30.0 Å². The zero-order chi connectivity index (χ0) is 11.3. The van der Waals surface area contributed by atoms with Crippen molar-refractivity contribution in [1.29, 1.82) is 0 Å². The van der Waals surface area contributed by atoms with Crippen LogP contribution in [0.3, 0.4) is 0 Å². The highest BCUT2D eigenvalue weighted by atomic mass is 16.3. The number of carbonyl (C=O) groups is 1. The van der Waals surface area contributed by atoms with E-state index < -0.39 is 0 Å². The Hall–Kier alpha value is -2.23. The SMILES string of the molecule is Cn1c2cc(O)ccc2c2cc(C=O)[nH]c21. The number of aromatic hydroxyl groups is 1. The second-order valence-corrected chi connectivity index (χ2v) is 3.87. The van der Waals surface area contributed by atoms with Crippen LogP contribution in [-0.4, -0.2) is 20.9 Å². The first kappa shape index (κ1) is 9.03. The quantitative estimate of drug-likeness (QED) is 0.610. The van der Waals surface area contributed by atoms with Crippen molar-refractivity contribution in [3.63, 3.8) is 0 Å². The molecule has 2 heterocycles. The van der Waals surface area contributed by atoms with Crippen LogP contribution in [0.25, 0.3) is 21.9 Å². The summed E-state index contributed by atoms with van der Waals surface area (Å²) in [6.07, 6.45) is 0.798. The minimum atomic E-state index is 0.242. The second-order valence-electron chi connectivity index (χ2n) is 3.87. The van der Waals surface area contributed by atoms with Crippen molar-refractivity contribution in [2.75, 3.05) is 0 Å². The molecule has 0 amide bonds. The maximum atomic E-state index is 10.7. The van der Waals surface area contributed by atoms with Gasteiger partial charge in [0.2, 0.25) is 0 Å². The van der Waals surface area contributed by atoms with Gasteiger partial charge in [0.15, 0.2) is 6.29 Å². The lowest BCUT2D eigenvalue weighted by Crippen LogP contribution is -1.88. The number of benzene rings is 1. The third kappa shape index (κ3) is 1.01. The van der Waals surface area contributed by atoms with Crippen LogP contribution in [0.5, 0.6) is 5.75 Å². The summed E-state index contributed by atoms with van der Waals surface area (Å²) in [5, 5.41) is 11.5. The fraction of sp³-hybridized carbons (Fsp3) is 0.0833. The number of phenols is 1. The van der Waals surface area contributed by atoms with Crippen LogP contribution in [0.15, 0.2) is 24.3 Å². The van der Waals surface area contributed by atoms with Crippen LogP contribution in [0.2, 0.25) is 0 Å². The Morgan fingerprint density at radius 1 is 1.31 bits per heavy atom. The lowest BCUT2D eigenvalue weighted by Gasteiger charge is -1.97. The molecule has 0 atom stereocenters. The van der Waals surface area contributed by atoms with Crippen molar-refractivity contribution in [2.24, 2.45) is 7.05 Å². The monoisotopic (exact) mass is 214 g/mol. The van der Waals surface area contributed by atoms with Crippen molar-refractivity contribution in [1.82, 2.24) is 9.55 Å². The molecule has 4 nitrogen and oxygen atoms in total. The normalized spacial score (nSPS) is 11.3. The van der Waals surface area contributed by atoms with Gasteiger partial charge in [0.1, 0.15) is 11.4 Å². The highest BCUT2D eigenvalue weighted by molar-refractivity contribution is 6.09. The number of carbonyl (C=O) groups excluding carboxylic acids is 1. The van der Waals surface area contributed by atoms with Gasteiger partial charge in [-0.05, 0) is 18.2 Å². The lowest BCUT2D eigenvalue weighted by atomic mass is 10.2. The molecule has 3 rings (SSSR count). The maximum Gasteiger partial charge on any atom is 0.166 e. The molecule has 0 spiro atoms. The summed E-state index contributed by atoms with van der Waals surface area (Å²) in [7, 11) is 1.90. The lowest BCUT2D eigenvalue weighted by molar-refractivity contribution is 0.111. The van der Waals surface area contributed by atoms with Crippen molar-refractivity contribution in [3.8, 4) is 5.75 Å². The molecule has 0 aliphatic rings. The summed E-state index contributed by atoms with van der Waals surface area (Å²) in [5.41, 5.74) is 2.40. The molecule has 0 saturated heterocycles. The highest BCUT2D eigenvalue weighted by Gasteiger charge is 2.11. The van der Waals surface area contributed by atoms with Crippen LogP contribution in [0.4, 0.5) is 0 Å². The van der Waals surface area contributed by atoms with Gasteiger partial charge in [-0.25, -0.2) is 0 Å². The molecule has 2 aromatic heterocycles. The van der Waals surface area contributed by atoms with Gasteiger partial charge in [0.25, 0.3) is 0 Å². The third-order valence-electron chi connectivity index (χ3n) is 2.91. The Morgan fingerprint density at radius 2 is 2.12 bits per heavy atom. The topological polar surface area (TPSA) is 58.0 Å². The Labute approximate surface area is 91.1 Å². The first-order valence-corrected chi connectivity index (χ1v) is 4.96. The number of aromatic amines is 1. The van der Waals surface area contributed by atoms with Crippen LogP contribution in [-0.2, 0) is 7.05 Å². The molecular weight excluding hydrogens is 204 g/mol. The van der Waals surface area contributed by atoms with E-state index in [1.165, 1.54) is 0 Å². The number of nitrogens with one attached hydrogen (secondary N) is 1. The molecule has 0 unspecified atom stereocenters. The van der Waals surface area contributed by atoms with Crippen LogP contribution in [0, 0.1) is 0 Å². The Kier molecular flexibility index (Phi) is 1.63. The summed E-state index contributed by atoms with van der Waals surface area (Å²) in [5.74, 6) is 0.242. The van der Waals surface area contributed by atoms with Crippen LogP contribution in [0.1, 0.15) is 10.5 Å². The van der Waals surface area contributed by atoms with Gasteiger partial charge in [-0.1, -0.05) is 0 Å². The minimum absolute atomic E-state index is 0.242. The molecule has 0 radical (unpaired) electrons. The number of hydrogen-bond donors (Lipinski definition) is 2. The molecule has 16 heavy (non-hydrogen) atoms. The van der Waals surface area contributed by atoms with Gasteiger partial charge < -0.3 is 14.7 Å². The number of aldehydes is 1. The smallest absolute Gasteiger partial charge is 0.166 e. The fourth-order valence-corrected chi connectivity index (χ4v) is 2.14. The van der Waals surface area contributed by atoms with E-state index in [0.29, 0.717) is 5.69 Å². The maximum absolute atomic E-state index is 10.7. The van der Waals surface area contributed by atoms with Gasteiger partial charge in [-0.3, -0.25) is 4.79 Å². The summed E-state index contributed by atoms with van der Waals surface area (Å²) in [4.78, 5) is 13.7. The number of hydrogen-bond acceptors (Lipinski definition) is 2. The number of aromatic nitrogens is 2. The summed E-state index contributed by atoms with van der Waals surface area (Å²) < 4.78 is 1.93. The predicted octanol–water partition coefficient (Wildman–Crippen LogP) is 2.18. The molecule has 0 bridgehead atoms. The number of aryl methyl sites for hydroxylation is 1. The molecule has 4 heteroatoms. The van der Waals surface area contributed by atoms with E-state index >= 15 is 0 Å². The summed E-state index contributed by atoms with van der Waals surface area (Å²) in [6, 6.07) is 7.04. The zero-order valence-electron chi connectivity index (χ0n) is 8.69. The molecular formula is C12H10N2O2. The van der Waals surface area contributed by atoms with Crippen LogP contribution < -0.4 is 0 Å². The molecule has 80 valence electrons. The number of H-pyrrole nitrogens is 1.